The van der Waals surface area contributed by atoms with E-state index in [-0.39, 0.29) is 9.92 Å². The maximum atomic E-state index is 12.9. The summed E-state index contributed by atoms with van der Waals surface area (Å²) in [5.41, 5.74) is 0.577. The van der Waals surface area contributed by atoms with Crippen LogP contribution in [0.5, 0.6) is 11.5 Å². The lowest BCUT2D eigenvalue weighted by Gasteiger charge is -2.11. The summed E-state index contributed by atoms with van der Waals surface area (Å²) < 4.78 is 36.8. The number of methoxy groups -OCH3 is 2. The van der Waals surface area contributed by atoms with Gasteiger partial charge in [0, 0.05) is 17.8 Å². The third-order valence-corrected chi connectivity index (χ3v) is 6.02. The molecule has 0 aliphatic rings. The summed E-state index contributed by atoms with van der Waals surface area (Å²) in [7, 11) is -0.988. The van der Waals surface area contributed by atoms with Crippen LogP contribution in [0.1, 0.15) is 5.56 Å². The fourth-order valence-electron chi connectivity index (χ4n) is 2.84. The highest BCUT2D eigenvalue weighted by Gasteiger charge is 2.21. The molecule has 0 saturated heterocycles. The Morgan fingerprint density at radius 2 is 1.77 bits per heavy atom. The van der Waals surface area contributed by atoms with E-state index in [4.69, 9.17) is 9.47 Å². The number of aromatic nitrogens is 2. The maximum Gasteiger partial charge on any atom is 0.267 e. The van der Waals surface area contributed by atoms with Crippen LogP contribution in [0.3, 0.4) is 0 Å². The van der Waals surface area contributed by atoms with Crippen LogP contribution in [-0.4, -0.2) is 38.3 Å². The molecule has 1 amide bonds. The highest BCUT2D eigenvalue weighted by molar-refractivity contribution is 7.91. The Balaban J connectivity index is 1.84. The molecule has 10 heteroatoms. The number of hydrogen-bond donors (Lipinski definition) is 1. The van der Waals surface area contributed by atoms with Crippen molar-refractivity contribution in [3.8, 4) is 11.5 Å². The minimum absolute atomic E-state index is 0.0555. The molecule has 0 saturated carbocycles. The summed E-state index contributed by atoms with van der Waals surface area (Å²) in [6.07, 6.45) is 0. The largest absolute Gasteiger partial charge is 0.493 e. The molecule has 0 fully saturated rings. The summed E-state index contributed by atoms with van der Waals surface area (Å²) in [4.78, 5) is 24.6. The molecule has 0 aliphatic heterocycles. The summed E-state index contributed by atoms with van der Waals surface area (Å²) in [5.74, 6) is 0.348. The molecule has 1 N–H and O–H groups in total. The lowest BCUT2D eigenvalue weighted by atomic mass is 10.2. The first-order chi connectivity index (χ1) is 14.7. The van der Waals surface area contributed by atoms with E-state index in [1.807, 2.05) is 0 Å². The summed E-state index contributed by atoms with van der Waals surface area (Å²) in [6, 6.07) is 13.3. The van der Waals surface area contributed by atoms with Crippen molar-refractivity contribution in [2.75, 3.05) is 19.5 Å². The fourth-order valence-corrected chi connectivity index (χ4v) is 4.13. The number of hydrogen-bond acceptors (Lipinski definition) is 7. The molecule has 3 aromatic rings. The zero-order valence-electron chi connectivity index (χ0n) is 17.2. The standard InChI is InChI=1S/C21H21N3O6S/c1-14-5-4-6-16(11-14)31(27,28)20-9-10-21(26)24(23-20)13-19(25)22-15-7-8-17(29-2)18(12-15)30-3/h4-12H,13H2,1-3H3,(H,22,25). The van der Waals surface area contributed by atoms with Gasteiger partial charge in [0.2, 0.25) is 15.7 Å². The van der Waals surface area contributed by atoms with Gasteiger partial charge in [-0.05, 0) is 42.8 Å². The van der Waals surface area contributed by atoms with Crippen molar-refractivity contribution in [1.29, 1.82) is 0 Å². The van der Waals surface area contributed by atoms with Crippen LogP contribution < -0.4 is 20.3 Å². The van der Waals surface area contributed by atoms with Crippen LogP contribution >= 0.6 is 0 Å². The number of rotatable bonds is 7. The maximum absolute atomic E-state index is 12.9. The SMILES string of the molecule is COc1ccc(NC(=O)Cn2nc(S(=O)(=O)c3cccc(C)c3)ccc2=O)cc1OC. The van der Waals surface area contributed by atoms with Gasteiger partial charge >= 0.3 is 0 Å². The first-order valence-corrected chi connectivity index (χ1v) is 10.6. The Hall–Kier alpha value is -3.66. The van der Waals surface area contributed by atoms with E-state index < -0.39 is 27.8 Å². The van der Waals surface area contributed by atoms with Gasteiger partial charge < -0.3 is 14.8 Å². The van der Waals surface area contributed by atoms with E-state index in [0.29, 0.717) is 17.2 Å². The molecule has 0 unspecified atom stereocenters. The highest BCUT2D eigenvalue weighted by Crippen LogP contribution is 2.29. The van der Waals surface area contributed by atoms with Gasteiger partial charge in [0.15, 0.2) is 16.5 Å². The molecular weight excluding hydrogens is 422 g/mol. The van der Waals surface area contributed by atoms with Crippen molar-refractivity contribution >= 4 is 21.4 Å². The summed E-state index contributed by atoms with van der Waals surface area (Å²) >= 11 is 0. The number of nitrogens with zero attached hydrogens (tertiary/aromatic N) is 2. The van der Waals surface area contributed by atoms with Crippen LogP contribution in [0.15, 0.2) is 69.3 Å². The van der Waals surface area contributed by atoms with E-state index in [1.54, 1.807) is 37.3 Å². The average molecular weight is 443 g/mol. The number of amides is 1. The van der Waals surface area contributed by atoms with Crippen molar-refractivity contribution in [2.24, 2.45) is 0 Å². The van der Waals surface area contributed by atoms with E-state index >= 15 is 0 Å². The quantitative estimate of drug-likeness (QED) is 0.594. The van der Waals surface area contributed by atoms with Gasteiger partial charge in [0.05, 0.1) is 19.1 Å². The molecule has 0 radical (unpaired) electrons. The van der Waals surface area contributed by atoms with Crippen LogP contribution in [0, 0.1) is 6.92 Å². The number of carbonyl (C=O) groups excluding carboxylic acids is 1. The lowest BCUT2D eigenvalue weighted by molar-refractivity contribution is -0.117. The number of aryl methyl sites for hydroxylation is 1. The molecule has 1 heterocycles. The number of ether oxygens (including phenoxy) is 2. The molecule has 1 aromatic heterocycles. The predicted octanol–water partition coefficient (Wildman–Crippen LogP) is 2.04. The Morgan fingerprint density at radius 3 is 2.45 bits per heavy atom. The Morgan fingerprint density at radius 1 is 1.03 bits per heavy atom. The average Bonchev–Trinajstić information content (AvgIpc) is 2.75. The number of nitrogens with one attached hydrogen (secondary N) is 1. The van der Waals surface area contributed by atoms with Crippen molar-refractivity contribution in [3.05, 3.63) is 70.5 Å². The second kappa shape index (κ2) is 9.00. The molecule has 0 atom stereocenters. The molecular formula is C21H21N3O6S. The van der Waals surface area contributed by atoms with E-state index in [9.17, 15) is 18.0 Å². The van der Waals surface area contributed by atoms with Gasteiger partial charge in [-0.15, -0.1) is 0 Å². The van der Waals surface area contributed by atoms with Crippen molar-refractivity contribution in [2.45, 2.75) is 23.4 Å². The normalized spacial score (nSPS) is 11.1. The Labute approximate surface area is 179 Å². The number of carbonyl (C=O) groups is 1. The molecule has 2 aromatic carbocycles. The molecule has 31 heavy (non-hydrogen) atoms. The predicted molar refractivity (Wildman–Crippen MR) is 113 cm³/mol. The fraction of sp³-hybridized carbons (Fsp3) is 0.190. The third kappa shape index (κ3) is 4.92. The van der Waals surface area contributed by atoms with E-state index in [1.165, 1.54) is 26.4 Å². The van der Waals surface area contributed by atoms with E-state index in [0.717, 1.165) is 22.4 Å². The van der Waals surface area contributed by atoms with Crippen molar-refractivity contribution in [1.82, 2.24) is 9.78 Å². The second-order valence-corrected chi connectivity index (χ2v) is 8.50. The lowest BCUT2D eigenvalue weighted by Crippen LogP contribution is -2.30. The molecule has 9 nitrogen and oxygen atoms in total. The van der Waals surface area contributed by atoms with Gasteiger partial charge in [0.1, 0.15) is 6.54 Å². The first-order valence-electron chi connectivity index (χ1n) is 9.16. The van der Waals surface area contributed by atoms with Crippen LogP contribution in [0.25, 0.3) is 0 Å². The van der Waals surface area contributed by atoms with Gasteiger partial charge in [0.25, 0.3) is 5.56 Å². The van der Waals surface area contributed by atoms with Crippen LogP contribution in [-0.2, 0) is 21.2 Å². The monoisotopic (exact) mass is 443 g/mol. The third-order valence-electron chi connectivity index (χ3n) is 4.38. The first kappa shape index (κ1) is 22.0. The number of anilines is 1. The van der Waals surface area contributed by atoms with Gasteiger partial charge in [-0.3, -0.25) is 9.59 Å². The van der Waals surface area contributed by atoms with Crippen LogP contribution in [0.4, 0.5) is 5.69 Å². The van der Waals surface area contributed by atoms with Gasteiger partial charge in [-0.25, -0.2) is 13.1 Å². The number of sulfone groups is 1. The van der Waals surface area contributed by atoms with Gasteiger partial charge in [-0.2, -0.15) is 5.10 Å². The smallest absolute Gasteiger partial charge is 0.267 e. The molecule has 0 bridgehead atoms. The molecule has 0 spiro atoms. The minimum Gasteiger partial charge on any atom is -0.493 e. The minimum atomic E-state index is -3.95. The topological polar surface area (TPSA) is 117 Å². The second-order valence-electron chi connectivity index (χ2n) is 6.61. The number of benzene rings is 2. The highest BCUT2D eigenvalue weighted by atomic mass is 32.2. The molecule has 3 rings (SSSR count). The zero-order valence-corrected chi connectivity index (χ0v) is 18.0. The van der Waals surface area contributed by atoms with Crippen molar-refractivity contribution < 1.29 is 22.7 Å². The van der Waals surface area contributed by atoms with Crippen LogP contribution in [0.2, 0.25) is 0 Å². The summed E-state index contributed by atoms with van der Waals surface area (Å²) in [6.45, 7) is 1.30. The van der Waals surface area contributed by atoms with E-state index in [2.05, 4.69) is 10.4 Å². The van der Waals surface area contributed by atoms with Crippen molar-refractivity contribution in [3.63, 3.8) is 0 Å². The molecule has 0 aliphatic carbocycles. The Bertz CT molecular complexity index is 1280. The zero-order chi connectivity index (χ0) is 22.6. The van der Waals surface area contributed by atoms with Gasteiger partial charge in [-0.1, -0.05) is 12.1 Å². The molecule has 162 valence electrons. The Kier molecular flexibility index (Phi) is 6.40. The summed E-state index contributed by atoms with van der Waals surface area (Å²) in [5, 5.41) is 6.20.